The largest absolute Gasteiger partial charge is 0.471 e. The fourth-order valence-corrected chi connectivity index (χ4v) is 4.82. The normalized spacial score (nSPS) is 15.2. The molecule has 0 unspecified atom stereocenters. The van der Waals surface area contributed by atoms with Gasteiger partial charge in [-0.15, -0.1) is 0 Å². The molecule has 13 heteroatoms. The van der Waals surface area contributed by atoms with Gasteiger partial charge in [-0.05, 0) is 49.6 Å². The Labute approximate surface area is 220 Å². The molecule has 7 nitrogen and oxygen atoms in total. The van der Waals surface area contributed by atoms with Crippen LogP contribution in [0.5, 0.6) is 5.75 Å². The Morgan fingerprint density at radius 3 is 2.21 bits per heavy atom. The van der Waals surface area contributed by atoms with Gasteiger partial charge in [0.05, 0.1) is 6.04 Å². The van der Waals surface area contributed by atoms with E-state index in [1.165, 1.54) is 55.5 Å². The summed E-state index contributed by atoms with van der Waals surface area (Å²) in [5, 5.41) is 4.08. The van der Waals surface area contributed by atoms with Crippen LogP contribution in [-0.4, -0.2) is 31.9 Å². The van der Waals surface area contributed by atoms with Gasteiger partial charge in [-0.1, -0.05) is 42.5 Å². The number of para-hydroxylation sites is 1. The Morgan fingerprint density at radius 1 is 0.949 bits per heavy atom. The number of alkyl halides is 3. The molecule has 3 aromatic carbocycles. The topological polar surface area (TPSA) is 102 Å². The second-order valence-electron chi connectivity index (χ2n) is 8.93. The van der Waals surface area contributed by atoms with Crippen LogP contribution >= 0.6 is 0 Å². The third-order valence-corrected chi connectivity index (χ3v) is 7.35. The van der Waals surface area contributed by atoms with E-state index < -0.39 is 57.1 Å². The molecule has 1 fully saturated rings. The molecule has 206 valence electrons. The van der Waals surface area contributed by atoms with E-state index in [4.69, 9.17) is 4.18 Å². The minimum Gasteiger partial charge on any atom is -0.375 e. The maximum absolute atomic E-state index is 15.1. The molecule has 39 heavy (non-hydrogen) atoms. The third-order valence-electron chi connectivity index (χ3n) is 6.11. The van der Waals surface area contributed by atoms with E-state index in [9.17, 15) is 35.6 Å². The molecular weight excluding hydrogens is 547 g/mol. The molecule has 0 heterocycles. The molecule has 2 amide bonds. The molecule has 1 atom stereocenters. The van der Waals surface area contributed by atoms with E-state index in [-0.39, 0.29) is 34.4 Å². The van der Waals surface area contributed by atoms with Gasteiger partial charge in [0.15, 0.2) is 11.6 Å². The van der Waals surface area contributed by atoms with E-state index >= 15 is 4.39 Å². The average Bonchev–Trinajstić information content (AvgIpc) is 3.65. The number of carbonyl (C=O) groups excluding carboxylic acids is 2. The van der Waals surface area contributed by atoms with Gasteiger partial charge in [-0.3, -0.25) is 9.59 Å². The lowest BCUT2D eigenvalue weighted by atomic mass is 9.99. The number of rotatable bonds is 8. The second-order valence-corrected chi connectivity index (χ2v) is 10.5. The first kappa shape index (κ1) is 28.0. The first-order valence-corrected chi connectivity index (χ1v) is 12.9. The van der Waals surface area contributed by atoms with Gasteiger partial charge in [0.1, 0.15) is 16.3 Å². The average molecular weight is 569 g/mol. The highest BCUT2D eigenvalue weighted by atomic mass is 32.2. The maximum atomic E-state index is 15.1. The van der Waals surface area contributed by atoms with E-state index in [0.29, 0.717) is 0 Å². The highest BCUT2D eigenvalue weighted by molar-refractivity contribution is 7.87. The predicted molar refractivity (Wildman–Crippen MR) is 129 cm³/mol. The van der Waals surface area contributed by atoms with Crippen LogP contribution in [-0.2, 0) is 19.7 Å². The van der Waals surface area contributed by atoms with Crippen LogP contribution in [0.2, 0.25) is 0 Å². The minimum atomic E-state index is -5.16. The van der Waals surface area contributed by atoms with Crippen molar-refractivity contribution in [1.82, 2.24) is 10.6 Å². The van der Waals surface area contributed by atoms with Gasteiger partial charge in [-0.2, -0.15) is 21.6 Å². The van der Waals surface area contributed by atoms with Crippen LogP contribution in [0.4, 0.5) is 22.0 Å². The van der Waals surface area contributed by atoms with Crippen molar-refractivity contribution in [3.63, 3.8) is 0 Å². The van der Waals surface area contributed by atoms with E-state index in [0.717, 1.165) is 12.1 Å². The molecule has 4 rings (SSSR count). The Morgan fingerprint density at radius 2 is 1.62 bits per heavy atom. The Bertz CT molecular complexity index is 1520. The molecular formula is C26H21F5N2O5S. The molecule has 1 aliphatic rings. The predicted octanol–water partition coefficient (Wildman–Crippen LogP) is 4.79. The van der Waals surface area contributed by atoms with E-state index in [1.807, 2.05) is 0 Å². The third kappa shape index (κ3) is 6.03. The maximum Gasteiger partial charge on any atom is 0.471 e. The quantitative estimate of drug-likeness (QED) is 0.301. The molecule has 0 aromatic heterocycles. The number of benzene rings is 3. The van der Waals surface area contributed by atoms with Crippen molar-refractivity contribution >= 4 is 21.9 Å². The Balaban J connectivity index is 1.55. The zero-order valence-corrected chi connectivity index (χ0v) is 21.0. The van der Waals surface area contributed by atoms with Gasteiger partial charge in [0.25, 0.3) is 0 Å². The van der Waals surface area contributed by atoms with Crippen molar-refractivity contribution in [1.29, 1.82) is 0 Å². The van der Waals surface area contributed by atoms with E-state index in [2.05, 4.69) is 5.32 Å². The van der Waals surface area contributed by atoms with Gasteiger partial charge < -0.3 is 14.8 Å². The summed E-state index contributed by atoms with van der Waals surface area (Å²) in [6.07, 6.45) is -5.19. The Hall–Kier alpha value is -4.00. The van der Waals surface area contributed by atoms with Crippen LogP contribution in [0.3, 0.4) is 0 Å². The molecule has 0 aliphatic heterocycles. The van der Waals surface area contributed by atoms with Gasteiger partial charge in [-0.25, -0.2) is 8.78 Å². The lowest BCUT2D eigenvalue weighted by Crippen LogP contribution is -2.53. The standard InChI is InChI=1S/C26H21F5N2O5S/c1-15(32-23(34)25(12-13-25)33-24(35)26(29,30)31)18-11-10-16(14-21(18)28)19-8-5-9-20(27)22(19)38-39(36,37)17-6-3-2-4-7-17/h2-11,14-15H,12-13H2,1H3,(H,32,34)(H,33,35)/t15-/m1/s1. The molecule has 0 spiro atoms. The zero-order chi connectivity index (χ0) is 28.6. The molecule has 0 bridgehead atoms. The zero-order valence-electron chi connectivity index (χ0n) is 20.2. The summed E-state index contributed by atoms with van der Waals surface area (Å²) in [4.78, 5) is 23.6. The second kappa shape index (κ2) is 10.3. The summed E-state index contributed by atoms with van der Waals surface area (Å²) in [5.41, 5.74) is -1.79. The fraction of sp³-hybridized carbons (Fsp3) is 0.231. The number of hydrogen-bond donors (Lipinski definition) is 2. The molecule has 0 saturated heterocycles. The van der Waals surface area contributed by atoms with Crippen molar-refractivity contribution in [2.75, 3.05) is 0 Å². The minimum absolute atomic E-state index is 0.0109. The summed E-state index contributed by atoms with van der Waals surface area (Å²) >= 11 is 0. The summed E-state index contributed by atoms with van der Waals surface area (Å²) in [7, 11) is -4.42. The van der Waals surface area contributed by atoms with Gasteiger partial charge in [0, 0.05) is 11.1 Å². The van der Waals surface area contributed by atoms with Crippen molar-refractivity contribution in [2.45, 2.75) is 42.4 Å². The van der Waals surface area contributed by atoms with Crippen LogP contribution in [0, 0.1) is 11.6 Å². The summed E-state index contributed by atoms with van der Waals surface area (Å²) in [6.45, 7) is 1.39. The summed E-state index contributed by atoms with van der Waals surface area (Å²) < 4.78 is 98.0. The summed E-state index contributed by atoms with van der Waals surface area (Å²) in [6, 6.07) is 13.2. The summed E-state index contributed by atoms with van der Waals surface area (Å²) in [5.74, 6) is -5.67. The highest BCUT2D eigenvalue weighted by Crippen LogP contribution is 2.38. The van der Waals surface area contributed by atoms with Crippen molar-refractivity contribution in [3.05, 3.63) is 83.9 Å². The lowest BCUT2D eigenvalue weighted by molar-refractivity contribution is -0.175. The van der Waals surface area contributed by atoms with Crippen LogP contribution in [0.25, 0.3) is 11.1 Å². The molecule has 1 saturated carbocycles. The molecule has 3 aromatic rings. The number of halogens is 5. The molecule has 1 aliphatic carbocycles. The van der Waals surface area contributed by atoms with Crippen molar-refractivity contribution < 1.29 is 44.1 Å². The van der Waals surface area contributed by atoms with Crippen LogP contribution in [0.15, 0.2) is 71.6 Å². The lowest BCUT2D eigenvalue weighted by Gasteiger charge is -2.22. The van der Waals surface area contributed by atoms with Crippen molar-refractivity contribution in [3.8, 4) is 16.9 Å². The van der Waals surface area contributed by atoms with Gasteiger partial charge >= 0.3 is 22.2 Å². The SMILES string of the molecule is C[C@@H](NC(=O)C1(NC(=O)C(F)(F)F)CC1)c1ccc(-c2cccc(F)c2OS(=O)(=O)c2ccccc2)cc1F. The number of hydrogen-bond acceptors (Lipinski definition) is 5. The highest BCUT2D eigenvalue weighted by Gasteiger charge is 2.55. The van der Waals surface area contributed by atoms with Crippen LogP contribution < -0.4 is 14.8 Å². The van der Waals surface area contributed by atoms with Crippen LogP contribution in [0.1, 0.15) is 31.4 Å². The Kier molecular flexibility index (Phi) is 7.39. The number of amides is 2. The fourth-order valence-electron chi connectivity index (χ4n) is 3.85. The molecule has 2 N–H and O–H groups in total. The van der Waals surface area contributed by atoms with Crippen molar-refractivity contribution in [2.24, 2.45) is 0 Å². The monoisotopic (exact) mass is 568 g/mol. The number of carbonyl (C=O) groups is 2. The number of nitrogens with one attached hydrogen (secondary N) is 2. The first-order valence-electron chi connectivity index (χ1n) is 11.5. The van der Waals surface area contributed by atoms with Gasteiger partial charge in [0.2, 0.25) is 5.91 Å². The molecule has 0 radical (unpaired) electrons. The van der Waals surface area contributed by atoms with E-state index in [1.54, 1.807) is 11.4 Å². The smallest absolute Gasteiger partial charge is 0.375 e. The first-order chi connectivity index (χ1) is 18.2.